The largest absolute Gasteiger partial charge is 0.478 e. The van der Waals surface area contributed by atoms with E-state index in [0.717, 1.165) is 57.3 Å². The molecule has 2 aliphatic heterocycles. The lowest BCUT2D eigenvalue weighted by Crippen LogP contribution is -2.37. The molecule has 2 amide bonds. The highest BCUT2D eigenvalue weighted by molar-refractivity contribution is 5.96. The molecule has 6 rings (SSSR count). The first-order valence-corrected chi connectivity index (χ1v) is 16.4. The van der Waals surface area contributed by atoms with E-state index in [2.05, 4.69) is 32.3 Å². The van der Waals surface area contributed by atoms with Gasteiger partial charge in [-0.3, -0.25) is 9.59 Å². The van der Waals surface area contributed by atoms with Crippen molar-refractivity contribution < 1.29 is 24.2 Å². The molecule has 3 heterocycles. The second-order valence-corrected chi connectivity index (χ2v) is 13.0. The average molecular weight is 626 g/mol. The molecule has 3 fully saturated rings. The van der Waals surface area contributed by atoms with Crippen LogP contribution in [0, 0.1) is 31.6 Å². The Balaban J connectivity index is 1.05. The molecule has 3 aromatic rings. The van der Waals surface area contributed by atoms with Crippen LogP contribution in [-0.2, 0) is 9.59 Å². The lowest BCUT2D eigenvalue weighted by molar-refractivity contribution is -0.145. The second kappa shape index (κ2) is 14.0. The Hall–Kier alpha value is -4.31. The third-order valence-corrected chi connectivity index (χ3v) is 9.84. The summed E-state index contributed by atoms with van der Waals surface area (Å²) in [4.78, 5) is 51.8. The lowest BCUT2D eigenvalue weighted by Gasteiger charge is -2.26. The molecule has 2 saturated heterocycles. The number of carbonyl (C=O) groups excluding carboxylic acids is 2. The van der Waals surface area contributed by atoms with Crippen LogP contribution in [0.5, 0.6) is 6.01 Å². The Morgan fingerprint density at radius 2 is 1.43 bits per heavy atom. The maximum absolute atomic E-state index is 13.7. The Kier molecular flexibility index (Phi) is 9.63. The molecular weight excluding hydrogens is 582 g/mol. The number of aromatic nitrogens is 2. The highest BCUT2D eigenvalue weighted by Crippen LogP contribution is 2.34. The lowest BCUT2D eigenvalue weighted by atomic mass is 10.0. The highest BCUT2D eigenvalue weighted by Gasteiger charge is 2.42. The van der Waals surface area contributed by atoms with Gasteiger partial charge in [-0.1, -0.05) is 73.5 Å². The Morgan fingerprint density at radius 3 is 2.00 bits per heavy atom. The predicted octanol–water partition coefficient (Wildman–Crippen LogP) is 4.74. The van der Waals surface area contributed by atoms with Gasteiger partial charge in [0.2, 0.25) is 12.0 Å². The van der Waals surface area contributed by atoms with Gasteiger partial charge >= 0.3 is 12.0 Å². The molecule has 10 nitrogen and oxygen atoms in total. The molecule has 242 valence electrons. The van der Waals surface area contributed by atoms with Gasteiger partial charge in [0.05, 0.1) is 23.0 Å². The van der Waals surface area contributed by atoms with E-state index in [0.29, 0.717) is 47.4 Å². The minimum atomic E-state index is -1.26. The van der Waals surface area contributed by atoms with E-state index in [1.54, 1.807) is 44.2 Å². The van der Waals surface area contributed by atoms with Gasteiger partial charge in [0, 0.05) is 44.2 Å². The number of carboxylic acid groups (broad SMARTS) is 1. The van der Waals surface area contributed by atoms with Gasteiger partial charge in [0.25, 0.3) is 5.91 Å². The van der Waals surface area contributed by atoms with Crippen LogP contribution in [0.25, 0.3) is 0 Å². The van der Waals surface area contributed by atoms with Gasteiger partial charge in [-0.05, 0) is 50.5 Å². The van der Waals surface area contributed by atoms with E-state index in [1.165, 1.54) is 0 Å². The van der Waals surface area contributed by atoms with E-state index >= 15 is 0 Å². The summed E-state index contributed by atoms with van der Waals surface area (Å²) in [5.41, 5.74) is 3.01. The predicted molar refractivity (Wildman–Crippen MR) is 172 cm³/mol. The number of hydrogen-bond acceptors (Lipinski definition) is 7. The zero-order valence-electron chi connectivity index (χ0n) is 26.6. The van der Waals surface area contributed by atoms with E-state index in [1.807, 2.05) is 23.1 Å². The summed E-state index contributed by atoms with van der Waals surface area (Å²) in [5, 5.41) is 13.1. The number of nitrogens with zero attached hydrogens (tertiary/aromatic N) is 4. The fraction of sp³-hybridized carbons (Fsp3) is 0.472. The minimum absolute atomic E-state index is 0.0100. The van der Waals surface area contributed by atoms with Crippen molar-refractivity contribution in [3.05, 3.63) is 88.7 Å². The molecule has 1 aromatic heterocycles. The fourth-order valence-corrected chi connectivity index (χ4v) is 7.44. The van der Waals surface area contributed by atoms with Crippen molar-refractivity contribution in [2.75, 3.05) is 32.7 Å². The Labute approximate surface area is 270 Å². The SMILES string of the molecule is Cc1nc(OC(C(=O)O)c2ccccc2)nc(C)c1C(=O)N1CC2CN(CC[C@H](NC(=O)C3CCCC3)c3ccccc3)CC2C1. The van der Waals surface area contributed by atoms with Crippen molar-refractivity contribution in [1.82, 2.24) is 25.1 Å². The Bertz CT molecular complexity index is 1510. The first-order valence-electron chi connectivity index (χ1n) is 16.4. The molecule has 0 spiro atoms. The molecule has 0 bridgehead atoms. The molecule has 3 aliphatic rings. The molecular formula is C36H43N5O5. The van der Waals surface area contributed by atoms with Crippen molar-refractivity contribution in [3.8, 4) is 6.01 Å². The van der Waals surface area contributed by atoms with Gasteiger partial charge in [-0.25, -0.2) is 4.79 Å². The van der Waals surface area contributed by atoms with Crippen LogP contribution < -0.4 is 10.1 Å². The zero-order chi connectivity index (χ0) is 32.2. The van der Waals surface area contributed by atoms with Crippen LogP contribution in [0.4, 0.5) is 0 Å². The van der Waals surface area contributed by atoms with Crippen molar-refractivity contribution in [2.45, 2.75) is 58.1 Å². The third-order valence-electron chi connectivity index (χ3n) is 9.84. The topological polar surface area (TPSA) is 125 Å². The summed E-state index contributed by atoms with van der Waals surface area (Å²) < 4.78 is 5.70. The van der Waals surface area contributed by atoms with Crippen LogP contribution in [-0.4, -0.2) is 75.4 Å². The van der Waals surface area contributed by atoms with Crippen LogP contribution >= 0.6 is 0 Å². The standard InChI is InChI=1S/C36H43N5O5/c1-23-31(24(2)38-36(37-23)46-32(35(44)45)26-13-7-4-8-14-26)34(43)41-21-28-19-40(20-29(28)22-41)18-17-30(25-11-5-3-6-12-25)39-33(42)27-15-9-10-16-27/h3-8,11-14,27-30,32H,9-10,15-22H2,1-2H3,(H,39,42)(H,44,45)/t28?,29?,30-,32?/m0/s1. The molecule has 10 heteroatoms. The first-order chi connectivity index (χ1) is 22.3. The number of carboxylic acids is 1. The molecule has 4 atom stereocenters. The number of carbonyl (C=O) groups is 3. The number of amides is 2. The van der Waals surface area contributed by atoms with Crippen molar-refractivity contribution in [2.24, 2.45) is 17.8 Å². The van der Waals surface area contributed by atoms with Gasteiger partial charge in [-0.2, -0.15) is 9.97 Å². The van der Waals surface area contributed by atoms with Crippen LogP contribution in [0.3, 0.4) is 0 Å². The van der Waals surface area contributed by atoms with Gasteiger partial charge in [0.15, 0.2) is 0 Å². The highest BCUT2D eigenvalue weighted by atomic mass is 16.5. The zero-order valence-corrected chi connectivity index (χ0v) is 26.6. The minimum Gasteiger partial charge on any atom is -0.478 e. The van der Waals surface area contributed by atoms with E-state index in [4.69, 9.17) is 4.74 Å². The molecule has 1 aliphatic carbocycles. The van der Waals surface area contributed by atoms with E-state index in [-0.39, 0.29) is 29.8 Å². The summed E-state index contributed by atoms with van der Waals surface area (Å²) >= 11 is 0. The summed E-state index contributed by atoms with van der Waals surface area (Å²) in [6, 6.07) is 18.8. The monoisotopic (exact) mass is 625 g/mol. The number of fused-ring (bicyclic) bond motifs is 1. The number of rotatable bonds is 11. The number of ether oxygens (including phenoxy) is 1. The molecule has 1 saturated carbocycles. The number of nitrogens with one attached hydrogen (secondary N) is 1. The summed E-state index contributed by atoms with van der Waals surface area (Å²) in [6.45, 7) is 7.55. The Morgan fingerprint density at radius 1 is 0.870 bits per heavy atom. The molecule has 3 unspecified atom stereocenters. The van der Waals surface area contributed by atoms with Gasteiger partial charge in [-0.15, -0.1) is 0 Å². The first kappa shape index (κ1) is 31.7. The summed E-state index contributed by atoms with van der Waals surface area (Å²) in [7, 11) is 0. The van der Waals surface area contributed by atoms with Crippen molar-refractivity contribution in [3.63, 3.8) is 0 Å². The fourth-order valence-electron chi connectivity index (χ4n) is 7.44. The number of aliphatic carboxylic acids is 1. The van der Waals surface area contributed by atoms with E-state index < -0.39 is 12.1 Å². The van der Waals surface area contributed by atoms with E-state index in [9.17, 15) is 19.5 Å². The molecule has 2 aromatic carbocycles. The van der Waals surface area contributed by atoms with Crippen LogP contribution in [0.1, 0.15) is 77.1 Å². The average Bonchev–Trinajstić information content (AvgIpc) is 3.80. The number of benzene rings is 2. The maximum Gasteiger partial charge on any atom is 0.349 e. The molecule has 2 N–H and O–H groups in total. The smallest absolute Gasteiger partial charge is 0.349 e. The van der Waals surface area contributed by atoms with Gasteiger partial charge < -0.3 is 25.0 Å². The van der Waals surface area contributed by atoms with Crippen molar-refractivity contribution >= 4 is 17.8 Å². The number of likely N-dealkylation sites (tertiary alicyclic amines) is 2. The van der Waals surface area contributed by atoms with Crippen LogP contribution in [0.15, 0.2) is 60.7 Å². The number of aryl methyl sites for hydroxylation is 2. The summed E-state index contributed by atoms with van der Waals surface area (Å²) in [6.07, 6.45) is 3.84. The third kappa shape index (κ3) is 7.07. The second-order valence-electron chi connectivity index (χ2n) is 13.0. The quantitative estimate of drug-likeness (QED) is 0.313. The normalized spacial score (nSPS) is 21.1. The van der Waals surface area contributed by atoms with Crippen molar-refractivity contribution in [1.29, 1.82) is 0 Å². The summed E-state index contributed by atoms with van der Waals surface area (Å²) in [5.74, 6) is -0.146. The molecule has 46 heavy (non-hydrogen) atoms. The van der Waals surface area contributed by atoms with Gasteiger partial charge in [0.1, 0.15) is 0 Å². The molecule has 0 radical (unpaired) electrons. The van der Waals surface area contributed by atoms with Crippen LogP contribution in [0.2, 0.25) is 0 Å². The number of hydrogen-bond donors (Lipinski definition) is 2. The maximum atomic E-state index is 13.7.